The van der Waals surface area contributed by atoms with E-state index < -0.39 is 0 Å². The number of nitrogens with zero attached hydrogens (tertiary/aromatic N) is 4. The molecule has 0 radical (unpaired) electrons. The Bertz CT molecular complexity index is 1130. The summed E-state index contributed by atoms with van der Waals surface area (Å²) in [6.45, 7) is 9.35. The van der Waals surface area contributed by atoms with Crippen molar-refractivity contribution in [3.05, 3.63) is 53.1 Å². The number of benzene rings is 2. The molecule has 2 N–H and O–H groups in total. The first-order chi connectivity index (χ1) is 16.5. The van der Waals surface area contributed by atoms with E-state index in [0.717, 1.165) is 80.7 Å². The number of H-pyrrole nitrogens is 1. The molecule has 2 saturated heterocycles. The fourth-order valence-electron chi connectivity index (χ4n) is 5.00. The number of carbonyl (C=O) groups excluding carboxylic acids is 1. The molecule has 0 spiro atoms. The molecule has 0 unspecified atom stereocenters. The third kappa shape index (κ3) is 5.31. The van der Waals surface area contributed by atoms with E-state index in [9.17, 15) is 4.79 Å². The van der Waals surface area contributed by atoms with Gasteiger partial charge in [-0.25, -0.2) is 4.98 Å². The number of aryl methyl sites for hydroxylation is 1. The molecule has 3 aromatic rings. The molecule has 2 fully saturated rings. The highest BCUT2D eigenvalue weighted by atomic mass is 35.5. The van der Waals surface area contributed by atoms with Crippen LogP contribution in [0.25, 0.3) is 11.0 Å². The minimum atomic E-state index is 0.0857. The molecule has 7 nitrogen and oxygen atoms in total. The maximum Gasteiger partial charge on any atom is 0.223 e. The molecule has 0 atom stereocenters. The highest BCUT2D eigenvalue weighted by Crippen LogP contribution is 2.24. The summed E-state index contributed by atoms with van der Waals surface area (Å²) in [5.74, 6) is 1.19. The minimum absolute atomic E-state index is 0.0857. The Hall–Kier alpha value is -2.77. The number of carbonyl (C=O) groups is 1. The summed E-state index contributed by atoms with van der Waals surface area (Å²) in [4.78, 5) is 28.0. The molecule has 3 heterocycles. The zero-order valence-corrected chi connectivity index (χ0v) is 20.5. The second-order valence-electron chi connectivity index (χ2n) is 9.44. The molecule has 180 valence electrons. The van der Waals surface area contributed by atoms with Crippen LogP contribution >= 0.6 is 11.6 Å². The monoisotopic (exact) mass is 480 g/mol. The van der Waals surface area contributed by atoms with Crippen LogP contribution in [0.5, 0.6) is 0 Å². The van der Waals surface area contributed by atoms with E-state index in [2.05, 4.69) is 56.2 Å². The molecule has 0 bridgehead atoms. The fraction of sp³-hybridized carbons (Fsp3) is 0.462. The standard InChI is InChI=1S/C26H33ClN6O/c1-19-5-6-23-24(17-19)30-26(29-23)33-10-7-20(8-11-33)25(34)28-9-12-31-13-15-32(16-14-31)22-4-2-3-21(27)18-22/h2-6,17-18,20H,7-16H2,1H3,(H,28,34)(H,29,30). The summed E-state index contributed by atoms with van der Waals surface area (Å²) in [5.41, 5.74) is 4.47. The number of halogens is 1. The van der Waals surface area contributed by atoms with Crippen LogP contribution in [0.2, 0.25) is 5.02 Å². The normalized spacial score (nSPS) is 17.9. The van der Waals surface area contributed by atoms with Crippen molar-refractivity contribution in [1.82, 2.24) is 20.2 Å². The number of hydrogen-bond acceptors (Lipinski definition) is 5. The van der Waals surface area contributed by atoms with Crippen molar-refractivity contribution in [2.24, 2.45) is 5.92 Å². The molecule has 1 aromatic heterocycles. The third-order valence-electron chi connectivity index (χ3n) is 7.06. The lowest BCUT2D eigenvalue weighted by molar-refractivity contribution is -0.125. The number of nitrogens with one attached hydrogen (secondary N) is 2. The number of amides is 1. The van der Waals surface area contributed by atoms with Crippen LogP contribution in [-0.4, -0.2) is 73.1 Å². The average molecular weight is 481 g/mol. The number of aromatic nitrogens is 2. The van der Waals surface area contributed by atoms with E-state index in [1.165, 1.54) is 11.3 Å². The van der Waals surface area contributed by atoms with Gasteiger partial charge in [-0.2, -0.15) is 0 Å². The number of piperazine rings is 1. The van der Waals surface area contributed by atoms with Crippen molar-refractivity contribution in [2.75, 3.05) is 62.2 Å². The van der Waals surface area contributed by atoms with Crippen LogP contribution in [0, 0.1) is 12.8 Å². The van der Waals surface area contributed by atoms with E-state index in [1.807, 2.05) is 18.2 Å². The van der Waals surface area contributed by atoms with Crippen molar-refractivity contribution in [2.45, 2.75) is 19.8 Å². The molecule has 1 amide bonds. The quantitative estimate of drug-likeness (QED) is 0.563. The third-order valence-corrected chi connectivity index (χ3v) is 7.30. The first kappa shape index (κ1) is 23.0. The number of hydrogen-bond donors (Lipinski definition) is 2. The number of rotatable bonds is 6. The second kappa shape index (κ2) is 10.2. The first-order valence-electron chi connectivity index (χ1n) is 12.3. The van der Waals surface area contributed by atoms with Crippen molar-refractivity contribution >= 4 is 40.2 Å². The predicted molar refractivity (Wildman–Crippen MR) is 139 cm³/mol. The Kier molecular flexibility index (Phi) is 6.92. The van der Waals surface area contributed by atoms with Crippen LogP contribution in [0.1, 0.15) is 18.4 Å². The molecular formula is C26H33ClN6O. The van der Waals surface area contributed by atoms with Crippen LogP contribution in [0.4, 0.5) is 11.6 Å². The minimum Gasteiger partial charge on any atom is -0.369 e. The number of imidazole rings is 1. The molecule has 0 saturated carbocycles. The van der Waals surface area contributed by atoms with Gasteiger partial charge in [0.25, 0.3) is 0 Å². The predicted octanol–water partition coefficient (Wildman–Crippen LogP) is 3.68. The molecule has 34 heavy (non-hydrogen) atoms. The number of aromatic amines is 1. The van der Waals surface area contributed by atoms with E-state index in [-0.39, 0.29) is 11.8 Å². The van der Waals surface area contributed by atoms with Gasteiger partial charge in [0, 0.05) is 69.0 Å². The Morgan fingerprint density at radius 2 is 1.85 bits per heavy atom. The molecule has 2 aliphatic rings. The number of fused-ring (bicyclic) bond motifs is 1. The summed E-state index contributed by atoms with van der Waals surface area (Å²) < 4.78 is 0. The maximum atomic E-state index is 12.7. The number of anilines is 2. The van der Waals surface area contributed by atoms with Gasteiger partial charge in [0.1, 0.15) is 0 Å². The SMILES string of the molecule is Cc1ccc2nc(N3CCC(C(=O)NCCN4CCN(c5cccc(Cl)c5)CC4)CC3)[nH]c2c1. The largest absolute Gasteiger partial charge is 0.369 e. The van der Waals surface area contributed by atoms with Crippen LogP contribution < -0.4 is 15.1 Å². The van der Waals surface area contributed by atoms with Crippen molar-refractivity contribution in [3.8, 4) is 0 Å². The summed E-state index contributed by atoms with van der Waals surface area (Å²) in [6.07, 6.45) is 1.72. The lowest BCUT2D eigenvalue weighted by Gasteiger charge is -2.36. The molecule has 2 aromatic carbocycles. The highest BCUT2D eigenvalue weighted by molar-refractivity contribution is 6.30. The maximum absolute atomic E-state index is 12.7. The van der Waals surface area contributed by atoms with Gasteiger partial charge in [-0.1, -0.05) is 23.7 Å². The van der Waals surface area contributed by atoms with Gasteiger partial charge < -0.3 is 20.1 Å². The summed E-state index contributed by atoms with van der Waals surface area (Å²) in [5, 5.41) is 3.96. The van der Waals surface area contributed by atoms with E-state index in [0.29, 0.717) is 6.54 Å². The van der Waals surface area contributed by atoms with Crippen LogP contribution in [-0.2, 0) is 4.79 Å². The molecular weight excluding hydrogens is 448 g/mol. The molecule has 5 rings (SSSR count). The zero-order chi connectivity index (χ0) is 23.5. The van der Waals surface area contributed by atoms with Gasteiger partial charge in [0.15, 0.2) is 0 Å². The smallest absolute Gasteiger partial charge is 0.223 e. The Morgan fingerprint density at radius 1 is 1.06 bits per heavy atom. The van der Waals surface area contributed by atoms with Crippen LogP contribution in [0.3, 0.4) is 0 Å². The van der Waals surface area contributed by atoms with Gasteiger partial charge in [-0.05, 0) is 55.7 Å². The molecule has 0 aliphatic carbocycles. The fourth-order valence-corrected chi connectivity index (χ4v) is 5.18. The van der Waals surface area contributed by atoms with Crippen molar-refractivity contribution < 1.29 is 4.79 Å². The Balaban J connectivity index is 1.03. The van der Waals surface area contributed by atoms with Gasteiger partial charge in [0.2, 0.25) is 11.9 Å². The molecule has 2 aliphatic heterocycles. The zero-order valence-electron chi connectivity index (χ0n) is 19.8. The Labute approximate surface area is 206 Å². The molecule has 8 heteroatoms. The van der Waals surface area contributed by atoms with Gasteiger partial charge in [-0.15, -0.1) is 0 Å². The van der Waals surface area contributed by atoms with Gasteiger partial charge >= 0.3 is 0 Å². The average Bonchev–Trinajstić information content (AvgIpc) is 3.28. The van der Waals surface area contributed by atoms with Crippen LogP contribution in [0.15, 0.2) is 42.5 Å². The lowest BCUT2D eigenvalue weighted by Crippen LogP contribution is -2.49. The summed E-state index contributed by atoms with van der Waals surface area (Å²) in [7, 11) is 0. The first-order valence-corrected chi connectivity index (χ1v) is 12.6. The van der Waals surface area contributed by atoms with Gasteiger partial charge in [0.05, 0.1) is 11.0 Å². The van der Waals surface area contributed by atoms with Gasteiger partial charge in [-0.3, -0.25) is 9.69 Å². The summed E-state index contributed by atoms with van der Waals surface area (Å²) >= 11 is 6.13. The lowest BCUT2D eigenvalue weighted by atomic mass is 9.96. The Morgan fingerprint density at radius 3 is 2.62 bits per heavy atom. The van der Waals surface area contributed by atoms with Crippen molar-refractivity contribution in [1.29, 1.82) is 0 Å². The topological polar surface area (TPSA) is 67.5 Å². The van der Waals surface area contributed by atoms with E-state index >= 15 is 0 Å². The second-order valence-corrected chi connectivity index (χ2v) is 9.88. The number of piperidine rings is 1. The highest BCUT2D eigenvalue weighted by Gasteiger charge is 2.26. The van der Waals surface area contributed by atoms with E-state index in [1.54, 1.807) is 0 Å². The van der Waals surface area contributed by atoms with Crippen molar-refractivity contribution in [3.63, 3.8) is 0 Å². The van der Waals surface area contributed by atoms with E-state index in [4.69, 9.17) is 16.6 Å². The summed E-state index contributed by atoms with van der Waals surface area (Å²) in [6, 6.07) is 14.3.